The van der Waals surface area contributed by atoms with E-state index in [0.29, 0.717) is 11.4 Å². The highest BCUT2D eigenvalue weighted by molar-refractivity contribution is 7.80. The van der Waals surface area contributed by atoms with Gasteiger partial charge in [-0.15, -0.1) is 0 Å². The van der Waals surface area contributed by atoms with E-state index in [-0.39, 0.29) is 5.28 Å². The Hall–Kier alpha value is -0.920. The highest BCUT2D eigenvalue weighted by Crippen LogP contribution is 2.14. The van der Waals surface area contributed by atoms with E-state index in [2.05, 4.69) is 34.4 Å². The molecule has 1 rings (SSSR count). The minimum Gasteiger partial charge on any atom is -0.480 e. The monoisotopic (exact) mass is 228 g/mol. The van der Waals surface area contributed by atoms with Gasteiger partial charge in [-0.3, -0.25) is 0 Å². The van der Waals surface area contributed by atoms with Gasteiger partial charge >= 0.3 is 0 Å². The van der Waals surface area contributed by atoms with Gasteiger partial charge in [0.15, 0.2) is 0 Å². The second kappa shape index (κ2) is 5.74. The van der Waals surface area contributed by atoms with Crippen LogP contribution in [0, 0.1) is 11.8 Å². The Bertz CT molecular complexity index is 373. The standard InChI is InChI=1S/C9H9ClN2OS/c1-13-8-7(4-2-3-5-14)6-11-9(10)12-8/h6,14H,3,5H2,1H3. The third kappa shape index (κ3) is 3.09. The largest absolute Gasteiger partial charge is 0.480 e. The number of aromatic nitrogens is 2. The van der Waals surface area contributed by atoms with Crippen LogP contribution in [-0.4, -0.2) is 22.8 Å². The van der Waals surface area contributed by atoms with Gasteiger partial charge in [0.05, 0.1) is 13.3 Å². The first-order valence-corrected chi connectivity index (χ1v) is 4.95. The molecule has 1 aromatic rings. The molecule has 0 bridgehead atoms. The maximum absolute atomic E-state index is 5.59. The molecule has 1 heterocycles. The topological polar surface area (TPSA) is 35.0 Å². The van der Waals surface area contributed by atoms with Gasteiger partial charge in [0.2, 0.25) is 11.2 Å². The van der Waals surface area contributed by atoms with Gasteiger partial charge in [-0.05, 0) is 11.6 Å². The first-order chi connectivity index (χ1) is 6.77. The van der Waals surface area contributed by atoms with Gasteiger partial charge in [0.25, 0.3) is 0 Å². The predicted octanol–water partition coefficient (Wildman–Crippen LogP) is 1.81. The highest BCUT2D eigenvalue weighted by Gasteiger charge is 2.02. The molecule has 0 aromatic carbocycles. The molecule has 1 aromatic heterocycles. The maximum Gasteiger partial charge on any atom is 0.233 e. The van der Waals surface area contributed by atoms with Crippen LogP contribution in [0.1, 0.15) is 12.0 Å². The van der Waals surface area contributed by atoms with E-state index in [1.807, 2.05) is 0 Å². The molecule has 0 saturated heterocycles. The zero-order chi connectivity index (χ0) is 10.4. The van der Waals surface area contributed by atoms with Gasteiger partial charge in [-0.2, -0.15) is 17.6 Å². The molecular formula is C9H9ClN2OS. The van der Waals surface area contributed by atoms with Crippen molar-refractivity contribution >= 4 is 24.2 Å². The number of hydrogen-bond acceptors (Lipinski definition) is 4. The number of nitrogens with zero attached hydrogens (tertiary/aromatic N) is 2. The summed E-state index contributed by atoms with van der Waals surface area (Å²) >= 11 is 9.64. The molecular weight excluding hydrogens is 220 g/mol. The molecule has 0 aliphatic carbocycles. The van der Waals surface area contributed by atoms with Crippen molar-refractivity contribution < 1.29 is 4.74 Å². The summed E-state index contributed by atoms with van der Waals surface area (Å²) in [5.41, 5.74) is 0.638. The van der Waals surface area contributed by atoms with Crippen LogP contribution in [0.2, 0.25) is 5.28 Å². The number of ether oxygens (including phenoxy) is 1. The van der Waals surface area contributed by atoms with E-state index < -0.39 is 0 Å². The van der Waals surface area contributed by atoms with Crippen LogP contribution >= 0.6 is 24.2 Å². The summed E-state index contributed by atoms with van der Waals surface area (Å²) in [4.78, 5) is 7.70. The first kappa shape index (κ1) is 11.2. The molecule has 0 radical (unpaired) electrons. The average molecular weight is 229 g/mol. The second-order valence-corrected chi connectivity index (χ2v) is 3.12. The van der Waals surface area contributed by atoms with E-state index in [1.165, 1.54) is 7.11 Å². The van der Waals surface area contributed by atoms with Crippen LogP contribution in [0.3, 0.4) is 0 Å². The third-order valence-corrected chi connectivity index (χ3v) is 1.78. The smallest absolute Gasteiger partial charge is 0.233 e. The van der Waals surface area contributed by atoms with Gasteiger partial charge in [-0.1, -0.05) is 11.8 Å². The summed E-state index contributed by atoms with van der Waals surface area (Å²) in [6.45, 7) is 0. The summed E-state index contributed by atoms with van der Waals surface area (Å²) in [6, 6.07) is 0. The molecule has 0 fully saturated rings. The molecule has 0 atom stereocenters. The molecule has 0 spiro atoms. The summed E-state index contributed by atoms with van der Waals surface area (Å²) in [7, 11) is 1.52. The maximum atomic E-state index is 5.59. The van der Waals surface area contributed by atoms with E-state index in [4.69, 9.17) is 16.3 Å². The van der Waals surface area contributed by atoms with E-state index >= 15 is 0 Å². The quantitative estimate of drug-likeness (QED) is 0.476. The van der Waals surface area contributed by atoms with Crippen LogP contribution in [0.5, 0.6) is 5.88 Å². The van der Waals surface area contributed by atoms with Crippen molar-refractivity contribution in [2.75, 3.05) is 12.9 Å². The van der Waals surface area contributed by atoms with Gasteiger partial charge in [0.1, 0.15) is 5.56 Å². The Balaban J connectivity index is 2.92. The molecule has 74 valence electrons. The lowest BCUT2D eigenvalue weighted by atomic mass is 10.3. The van der Waals surface area contributed by atoms with Gasteiger partial charge in [0, 0.05) is 12.2 Å². The Kier molecular flexibility index (Phi) is 4.57. The Labute approximate surface area is 93.3 Å². The van der Waals surface area contributed by atoms with Crippen molar-refractivity contribution in [1.29, 1.82) is 0 Å². The third-order valence-electron chi connectivity index (χ3n) is 1.38. The fourth-order valence-electron chi connectivity index (χ4n) is 0.801. The molecule has 0 amide bonds. The molecule has 5 heteroatoms. The summed E-state index contributed by atoms with van der Waals surface area (Å²) in [5.74, 6) is 6.93. The molecule has 3 nitrogen and oxygen atoms in total. The fourth-order valence-corrected chi connectivity index (χ4v) is 1.04. The van der Waals surface area contributed by atoms with Crippen molar-refractivity contribution in [2.24, 2.45) is 0 Å². The highest BCUT2D eigenvalue weighted by atomic mass is 35.5. The SMILES string of the molecule is COc1nc(Cl)ncc1C#CCCS. The van der Waals surface area contributed by atoms with Crippen molar-refractivity contribution in [3.05, 3.63) is 17.0 Å². The molecule has 0 aliphatic rings. The van der Waals surface area contributed by atoms with Crippen molar-refractivity contribution in [2.45, 2.75) is 6.42 Å². The minimum absolute atomic E-state index is 0.154. The minimum atomic E-state index is 0.154. The normalized spacial score (nSPS) is 9.07. The molecule has 0 saturated carbocycles. The molecule has 0 unspecified atom stereocenters. The lowest BCUT2D eigenvalue weighted by molar-refractivity contribution is 0.395. The number of methoxy groups -OCH3 is 1. The Morgan fingerprint density at radius 1 is 1.64 bits per heavy atom. The molecule has 0 aliphatic heterocycles. The van der Waals surface area contributed by atoms with Crippen LogP contribution < -0.4 is 4.74 Å². The van der Waals surface area contributed by atoms with E-state index in [9.17, 15) is 0 Å². The zero-order valence-electron chi connectivity index (χ0n) is 7.62. The van der Waals surface area contributed by atoms with Crippen LogP contribution in [0.4, 0.5) is 0 Å². The zero-order valence-corrected chi connectivity index (χ0v) is 9.27. The van der Waals surface area contributed by atoms with Crippen molar-refractivity contribution in [3.63, 3.8) is 0 Å². The van der Waals surface area contributed by atoms with Crippen molar-refractivity contribution in [1.82, 2.24) is 9.97 Å². The number of hydrogen-bond donors (Lipinski definition) is 1. The van der Waals surface area contributed by atoms with Gasteiger partial charge < -0.3 is 4.74 Å². The average Bonchev–Trinajstić information content (AvgIpc) is 2.20. The lowest BCUT2D eigenvalue weighted by Crippen LogP contribution is -1.94. The fraction of sp³-hybridized carbons (Fsp3) is 0.333. The van der Waals surface area contributed by atoms with Crippen LogP contribution in [0.15, 0.2) is 6.20 Å². The molecule has 0 N–H and O–H groups in total. The van der Waals surface area contributed by atoms with E-state index in [1.54, 1.807) is 6.20 Å². The van der Waals surface area contributed by atoms with E-state index in [0.717, 1.165) is 12.2 Å². The number of rotatable bonds is 2. The Morgan fingerprint density at radius 3 is 3.07 bits per heavy atom. The van der Waals surface area contributed by atoms with Gasteiger partial charge in [-0.25, -0.2) is 4.98 Å². The summed E-state index contributed by atoms with van der Waals surface area (Å²) in [5, 5.41) is 0.154. The molecule has 14 heavy (non-hydrogen) atoms. The predicted molar refractivity (Wildman–Crippen MR) is 58.9 cm³/mol. The second-order valence-electron chi connectivity index (χ2n) is 2.34. The first-order valence-electron chi connectivity index (χ1n) is 3.94. The lowest BCUT2D eigenvalue weighted by Gasteiger charge is -2.00. The Morgan fingerprint density at radius 2 is 2.43 bits per heavy atom. The number of thiol groups is 1. The van der Waals surface area contributed by atoms with Crippen LogP contribution in [0.25, 0.3) is 0 Å². The van der Waals surface area contributed by atoms with Crippen molar-refractivity contribution in [3.8, 4) is 17.7 Å². The number of halogens is 1. The van der Waals surface area contributed by atoms with Crippen LogP contribution in [-0.2, 0) is 0 Å². The summed E-state index contributed by atoms with van der Waals surface area (Å²) in [6.07, 6.45) is 2.26. The summed E-state index contributed by atoms with van der Waals surface area (Å²) < 4.78 is 5.00.